The molecular formula is C12H14O9. The van der Waals surface area contributed by atoms with Crippen molar-refractivity contribution in [2.75, 3.05) is 26.4 Å². The summed E-state index contributed by atoms with van der Waals surface area (Å²) in [6, 6.07) is 0. The number of hydrogen-bond acceptors (Lipinski definition) is 7. The molecule has 0 saturated carbocycles. The smallest absolute Gasteiger partial charge is 0.319 e. The van der Waals surface area contributed by atoms with Gasteiger partial charge >= 0.3 is 23.9 Å². The second-order valence-electron chi connectivity index (χ2n) is 4.92. The van der Waals surface area contributed by atoms with Crippen molar-refractivity contribution >= 4 is 23.9 Å². The highest BCUT2D eigenvalue weighted by atomic mass is 16.6. The molecule has 21 heavy (non-hydrogen) atoms. The van der Waals surface area contributed by atoms with Crippen molar-refractivity contribution in [3.63, 3.8) is 0 Å². The van der Waals surface area contributed by atoms with Crippen LogP contribution < -0.4 is 0 Å². The molecule has 9 heteroatoms. The zero-order valence-corrected chi connectivity index (χ0v) is 10.9. The van der Waals surface area contributed by atoms with Crippen molar-refractivity contribution in [3.05, 3.63) is 0 Å². The van der Waals surface area contributed by atoms with E-state index in [1.165, 1.54) is 0 Å². The van der Waals surface area contributed by atoms with E-state index < -0.39 is 47.5 Å². The topological polar surface area (TPSA) is 136 Å². The van der Waals surface area contributed by atoms with Crippen LogP contribution >= 0.6 is 0 Å². The highest BCUT2D eigenvalue weighted by molar-refractivity contribution is 5.92. The zero-order valence-electron chi connectivity index (χ0n) is 10.9. The highest BCUT2D eigenvalue weighted by Gasteiger charge is 2.44. The van der Waals surface area contributed by atoms with Gasteiger partial charge in [-0.2, -0.15) is 0 Å². The Labute approximate surface area is 118 Å². The van der Waals surface area contributed by atoms with Crippen LogP contribution in [0, 0.1) is 23.7 Å². The molecule has 2 N–H and O–H groups in total. The lowest BCUT2D eigenvalue weighted by Gasteiger charge is -2.15. The molecule has 0 radical (unpaired) electrons. The van der Waals surface area contributed by atoms with E-state index in [2.05, 4.69) is 4.74 Å². The number of carbonyl (C=O) groups excluding carboxylic acids is 2. The van der Waals surface area contributed by atoms with Gasteiger partial charge in [-0.15, -0.1) is 0 Å². The fraction of sp³-hybridized carbons (Fsp3) is 0.667. The Bertz CT molecular complexity index is 429. The molecule has 2 saturated heterocycles. The average molecular weight is 302 g/mol. The van der Waals surface area contributed by atoms with Gasteiger partial charge < -0.3 is 24.4 Å². The quantitative estimate of drug-likeness (QED) is 0.482. The number of ether oxygens (including phenoxy) is 3. The molecule has 2 aliphatic heterocycles. The van der Waals surface area contributed by atoms with Gasteiger partial charge in [-0.3, -0.25) is 19.2 Å². The molecule has 0 aromatic carbocycles. The highest BCUT2D eigenvalue weighted by Crippen LogP contribution is 2.26. The number of rotatable bonds is 4. The van der Waals surface area contributed by atoms with Crippen molar-refractivity contribution < 1.29 is 43.6 Å². The van der Waals surface area contributed by atoms with Crippen molar-refractivity contribution in [2.45, 2.75) is 0 Å². The summed E-state index contributed by atoms with van der Waals surface area (Å²) < 4.78 is 14.4. The summed E-state index contributed by atoms with van der Waals surface area (Å²) in [5.74, 6) is -8.74. The summed E-state index contributed by atoms with van der Waals surface area (Å²) in [6.07, 6.45) is 0. The Kier molecular flexibility index (Phi) is 4.53. The summed E-state index contributed by atoms with van der Waals surface area (Å²) in [5.41, 5.74) is 0. The Morgan fingerprint density at radius 2 is 1.05 bits per heavy atom. The fourth-order valence-electron chi connectivity index (χ4n) is 2.31. The van der Waals surface area contributed by atoms with Crippen LogP contribution in [0.15, 0.2) is 0 Å². The van der Waals surface area contributed by atoms with Crippen molar-refractivity contribution in [1.29, 1.82) is 0 Å². The molecule has 4 unspecified atom stereocenters. The molecule has 2 aliphatic rings. The molecule has 0 spiro atoms. The minimum Gasteiger partial charge on any atom is -0.481 e. The molecule has 0 aliphatic carbocycles. The largest absolute Gasteiger partial charge is 0.481 e. The third-order valence-electron chi connectivity index (χ3n) is 3.60. The van der Waals surface area contributed by atoms with E-state index in [1.54, 1.807) is 0 Å². The number of esters is 2. The molecule has 9 nitrogen and oxygen atoms in total. The van der Waals surface area contributed by atoms with Crippen LogP contribution in [0.3, 0.4) is 0 Å². The Hall–Kier alpha value is -2.00. The Balaban J connectivity index is 1.97. The number of carboxylic acids is 2. The van der Waals surface area contributed by atoms with E-state index in [4.69, 9.17) is 19.7 Å². The van der Waals surface area contributed by atoms with Gasteiger partial charge in [-0.05, 0) is 0 Å². The second-order valence-corrected chi connectivity index (χ2v) is 4.92. The van der Waals surface area contributed by atoms with Crippen molar-refractivity contribution in [2.24, 2.45) is 23.7 Å². The van der Waals surface area contributed by atoms with Gasteiger partial charge in [0.15, 0.2) is 0 Å². The van der Waals surface area contributed by atoms with E-state index in [0.717, 1.165) is 0 Å². The molecule has 4 atom stereocenters. The van der Waals surface area contributed by atoms with Crippen LogP contribution in [0.25, 0.3) is 0 Å². The first-order valence-electron chi connectivity index (χ1n) is 6.28. The maximum Gasteiger partial charge on any atom is 0.319 e. The molecule has 0 bridgehead atoms. The van der Waals surface area contributed by atoms with Crippen LogP contribution in [0.5, 0.6) is 0 Å². The summed E-state index contributed by atoms with van der Waals surface area (Å²) in [7, 11) is 0. The van der Waals surface area contributed by atoms with Crippen molar-refractivity contribution in [3.8, 4) is 0 Å². The van der Waals surface area contributed by atoms with Crippen LogP contribution in [0.2, 0.25) is 0 Å². The van der Waals surface area contributed by atoms with Gasteiger partial charge in [0.2, 0.25) is 0 Å². The molecule has 0 aromatic rings. The first-order valence-corrected chi connectivity index (χ1v) is 6.28. The molecule has 0 aromatic heterocycles. The van der Waals surface area contributed by atoms with Gasteiger partial charge in [0.05, 0.1) is 50.1 Å². The Morgan fingerprint density at radius 3 is 1.38 bits per heavy atom. The second kappa shape index (κ2) is 6.19. The fourth-order valence-corrected chi connectivity index (χ4v) is 2.31. The lowest BCUT2D eigenvalue weighted by Crippen LogP contribution is -2.35. The number of carboxylic acid groups (broad SMARTS) is 2. The van der Waals surface area contributed by atoms with E-state index in [0.29, 0.717) is 0 Å². The van der Waals surface area contributed by atoms with E-state index in [1.807, 2.05) is 0 Å². The molecule has 0 amide bonds. The number of carbonyl (C=O) groups is 4. The SMILES string of the molecule is O=C(O)C1COCC1C(=O)OC(=O)C1COCC1C(=O)O. The van der Waals surface area contributed by atoms with E-state index in [9.17, 15) is 19.2 Å². The lowest BCUT2D eigenvalue weighted by molar-refractivity contribution is -0.170. The first-order chi connectivity index (χ1) is 9.91. The molecule has 2 heterocycles. The van der Waals surface area contributed by atoms with Crippen LogP contribution in [0.1, 0.15) is 0 Å². The summed E-state index contributed by atoms with van der Waals surface area (Å²) in [6.45, 7) is -0.555. The number of hydrogen-bond donors (Lipinski definition) is 2. The maximum atomic E-state index is 11.8. The van der Waals surface area contributed by atoms with Crippen molar-refractivity contribution in [1.82, 2.24) is 0 Å². The van der Waals surface area contributed by atoms with Gasteiger partial charge in [-0.1, -0.05) is 0 Å². The minimum absolute atomic E-state index is 0.131. The van der Waals surface area contributed by atoms with Gasteiger partial charge in [0, 0.05) is 0 Å². The third-order valence-corrected chi connectivity index (χ3v) is 3.60. The van der Waals surface area contributed by atoms with Crippen LogP contribution in [0.4, 0.5) is 0 Å². The monoisotopic (exact) mass is 302 g/mol. The predicted octanol–water partition coefficient (Wildman–Crippen LogP) is -1.25. The summed E-state index contributed by atoms with van der Waals surface area (Å²) in [4.78, 5) is 45.5. The Morgan fingerprint density at radius 1 is 0.714 bits per heavy atom. The van der Waals surface area contributed by atoms with Gasteiger partial charge in [0.25, 0.3) is 0 Å². The minimum atomic E-state index is -1.21. The number of aliphatic carboxylic acids is 2. The third kappa shape index (κ3) is 3.19. The first kappa shape index (κ1) is 15.4. The molecular weight excluding hydrogens is 288 g/mol. The maximum absolute atomic E-state index is 11.8. The molecule has 116 valence electrons. The van der Waals surface area contributed by atoms with Crippen LogP contribution in [-0.4, -0.2) is 60.5 Å². The van der Waals surface area contributed by atoms with E-state index in [-0.39, 0.29) is 26.4 Å². The van der Waals surface area contributed by atoms with E-state index >= 15 is 0 Å². The predicted molar refractivity (Wildman–Crippen MR) is 62.0 cm³/mol. The summed E-state index contributed by atoms with van der Waals surface area (Å²) in [5, 5.41) is 17.8. The standard InChI is InChI=1S/C12H14O9/c13-9(14)5-1-19-3-7(5)11(17)21-12(18)8-4-20-2-6(8)10(15)16/h5-8H,1-4H2,(H,13,14)(H,15,16). The molecule has 2 fully saturated rings. The van der Waals surface area contributed by atoms with Gasteiger partial charge in [0.1, 0.15) is 0 Å². The summed E-state index contributed by atoms with van der Waals surface area (Å²) >= 11 is 0. The van der Waals surface area contributed by atoms with Gasteiger partial charge in [-0.25, -0.2) is 0 Å². The normalized spacial score (nSPS) is 31.8. The molecule has 2 rings (SSSR count). The average Bonchev–Trinajstić information content (AvgIpc) is 3.07. The zero-order chi connectivity index (χ0) is 15.6. The van der Waals surface area contributed by atoms with Crippen LogP contribution in [-0.2, 0) is 33.4 Å². The lowest BCUT2D eigenvalue weighted by atomic mass is 9.95.